The van der Waals surface area contributed by atoms with Crippen LogP contribution in [0, 0.1) is 25.2 Å². The third kappa shape index (κ3) is 5.03. The summed E-state index contributed by atoms with van der Waals surface area (Å²) in [7, 11) is 1.67. The summed E-state index contributed by atoms with van der Waals surface area (Å²) < 4.78 is 7.15. The molecule has 2 aromatic heterocycles. The van der Waals surface area contributed by atoms with Gasteiger partial charge < -0.3 is 10.1 Å². The number of anilines is 1. The first-order valence-electron chi connectivity index (χ1n) is 12.3. The molecule has 0 saturated carbocycles. The lowest BCUT2D eigenvalue weighted by Crippen LogP contribution is -2.14. The van der Waals surface area contributed by atoms with Crippen LogP contribution in [0.3, 0.4) is 0 Å². The van der Waals surface area contributed by atoms with Crippen LogP contribution in [0.1, 0.15) is 38.4 Å². The highest BCUT2D eigenvalue weighted by Gasteiger charge is 2.19. The second-order valence-electron chi connectivity index (χ2n) is 9.17. The van der Waals surface area contributed by atoms with E-state index in [0.29, 0.717) is 30.0 Å². The molecule has 0 atom stereocenters. The first-order chi connectivity index (χ1) is 18.5. The summed E-state index contributed by atoms with van der Waals surface area (Å²) in [6, 6.07) is 27.0. The van der Waals surface area contributed by atoms with Gasteiger partial charge in [-0.05, 0) is 55.3 Å². The number of hydrogen-bond donors (Lipinski definition) is 1. The molecule has 0 aliphatic heterocycles. The van der Waals surface area contributed by atoms with E-state index in [1.165, 1.54) is 0 Å². The second kappa shape index (κ2) is 10.7. The van der Waals surface area contributed by atoms with Crippen LogP contribution >= 0.6 is 0 Å². The Morgan fingerprint density at radius 1 is 1.00 bits per heavy atom. The fraction of sp³-hybridized carbons (Fsp3) is 0.161. The van der Waals surface area contributed by atoms with Crippen molar-refractivity contribution in [2.24, 2.45) is 0 Å². The van der Waals surface area contributed by atoms with Crippen LogP contribution in [0.15, 0.2) is 78.9 Å². The van der Waals surface area contributed by atoms with Crippen molar-refractivity contribution in [2.75, 3.05) is 12.4 Å². The summed E-state index contributed by atoms with van der Waals surface area (Å²) >= 11 is 0. The summed E-state index contributed by atoms with van der Waals surface area (Å²) in [5.41, 5.74) is 7.87. The zero-order valence-electron chi connectivity index (χ0n) is 21.5. The Morgan fingerprint density at radius 2 is 1.79 bits per heavy atom. The van der Waals surface area contributed by atoms with Gasteiger partial charge in [-0.3, -0.25) is 9.48 Å². The number of aromatic nitrogens is 3. The van der Waals surface area contributed by atoms with Gasteiger partial charge in [0.05, 0.1) is 58.6 Å². The van der Waals surface area contributed by atoms with Crippen molar-refractivity contribution in [3.8, 4) is 17.3 Å². The fourth-order valence-electron chi connectivity index (χ4n) is 4.57. The molecule has 2 heterocycles. The summed E-state index contributed by atoms with van der Waals surface area (Å²) in [4.78, 5) is 18.5. The molecule has 5 rings (SSSR count). The minimum Gasteiger partial charge on any atom is -0.380 e. The van der Waals surface area contributed by atoms with Gasteiger partial charge in [-0.1, -0.05) is 48.5 Å². The molecule has 0 bridgehead atoms. The van der Waals surface area contributed by atoms with E-state index in [2.05, 4.69) is 16.5 Å². The van der Waals surface area contributed by atoms with Gasteiger partial charge in [0.1, 0.15) is 0 Å². The molecule has 0 aliphatic carbocycles. The molecule has 1 amide bonds. The van der Waals surface area contributed by atoms with Gasteiger partial charge in [0, 0.05) is 18.1 Å². The Hall–Kier alpha value is -4.80. The molecule has 0 spiro atoms. The van der Waals surface area contributed by atoms with Crippen molar-refractivity contribution >= 4 is 22.5 Å². The molecule has 188 valence electrons. The first-order valence-corrected chi connectivity index (χ1v) is 12.3. The molecule has 1 N–H and O–H groups in total. The van der Waals surface area contributed by atoms with E-state index >= 15 is 0 Å². The van der Waals surface area contributed by atoms with Gasteiger partial charge in [0.2, 0.25) is 0 Å². The number of nitrogens with zero attached hydrogens (tertiary/aromatic N) is 4. The predicted molar refractivity (Wildman–Crippen MR) is 148 cm³/mol. The topological polar surface area (TPSA) is 92.8 Å². The quantitative estimate of drug-likeness (QED) is 0.294. The van der Waals surface area contributed by atoms with Crippen molar-refractivity contribution < 1.29 is 9.53 Å². The number of aryl methyl sites for hydroxylation is 1. The molecule has 38 heavy (non-hydrogen) atoms. The molecule has 7 heteroatoms. The van der Waals surface area contributed by atoms with Crippen LogP contribution in [-0.4, -0.2) is 27.8 Å². The van der Waals surface area contributed by atoms with Crippen molar-refractivity contribution in [1.29, 1.82) is 5.26 Å². The maximum atomic E-state index is 13.7. The normalized spacial score (nSPS) is 10.9. The highest BCUT2D eigenvalue weighted by atomic mass is 16.5. The van der Waals surface area contributed by atoms with E-state index in [1.807, 2.05) is 85.3 Å². The number of hydrogen-bond acceptors (Lipinski definition) is 5. The van der Waals surface area contributed by atoms with Gasteiger partial charge in [0.15, 0.2) is 0 Å². The summed E-state index contributed by atoms with van der Waals surface area (Å²) in [5, 5.41) is 17.6. The molecule has 3 aromatic carbocycles. The third-order valence-electron chi connectivity index (χ3n) is 6.53. The Labute approximate surface area is 221 Å². The Bertz CT molecular complexity index is 1680. The highest BCUT2D eigenvalue weighted by Crippen LogP contribution is 2.28. The van der Waals surface area contributed by atoms with Gasteiger partial charge >= 0.3 is 0 Å². The summed E-state index contributed by atoms with van der Waals surface area (Å²) in [6.07, 6.45) is 0. The smallest absolute Gasteiger partial charge is 0.256 e. The van der Waals surface area contributed by atoms with Crippen LogP contribution in [0.25, 0.3) is 22.2 Å². The lowest BCUT2D eigenvalue weighted by atomic mass is 10.0. The van der Waals surface area contributed by atoms with Gasteiger partial charge in [-0.15, -0.1) is 0 Å². The molecule has 0 radical (unpaired) electrons. The zero-order chi connectivity index (χ0) is 26.6. The van der Waals surface area contributed by atoms with E-state index in [9.17, 15) is 4.79 Å². The molecule has 0 aliphatic rings. The number of fused-ring (bicyclic) bond motifs is 1. The molecule has 7 nitrogen and oxygen atoms in total. The Morgan fingerprint density at radius 3 is 2.55 bits per heavy atom. The molecule has 0 saturated heterocycles. The molecular weight excluding hydrogens is 474 g/mol. The lowest BCUT2D eigenvalue weighted by Gasteiger charge is -2.12. The number of ether oxygens (including phenoxy) is 1. The number of para-hydroxylation sites is 1. The van der Waals surface area contributed by atoms with Gasteiger partial charge in [0.25, 0.3) is 5.91 Å². The number of rotatable bonds is 7. The Kier molecular flexibility index (Phi) is 6.98. The standard InChI is InChI=1S/C31H27N5O2/c1-20-30(21(2)36(35-20)18-23-13-11-22(17-32)12-14-23)34-31(37)27-16-29(33-28-10-5-4-9-26(27)28)25-8-6-7-24(15-25)19-38-3/h4-16H,18-19H2,1-3H3,(H,34,37). The average molecular weight is 502 g/mol. The zero-order valence-corrected chi connectivity index (χ0v) is 21.5. The van der Waals surface area contributed by atoms with Crippen molar-refractivity contribution in [3.05, 3.63) is 113 Å². The number of carbonyl (C=O) groups excluding carboxylic acids is 1. The maximum Gasteiger partial charge on any atom is 0.256 e. The van der Waals surface area contributed by atoms with Crippen LogP contribution in [0.2, 0.25) is 0 Å². The minimum atomic E-state index is -0.220. The summed E-state index contributed by atoms with van der Waals surface area (Å²) in [6.45, 7) is 4.86. The number of methoxy groups -OCH3 is 1. The van der Waals surface area contributed by atoms with Crippen LogP contribution < -0.4 is 5.32 Å². The number of nitrogens with one attached hydrogen (secondary N) is 1. The van der Waals surface area contributed by atoms with E-state index in [0.717, 1.165) is 44.7 Å². The molecular formula is C31H27N5O2. The second-order valence-corrected chi connectivity index (χ2v) is 9.17. The number of pyridine rings is 1. The largest absolute Gasteiger partial charge is 0.380 e. The molecule has 0 fully saturated rings. The van der Waals surface area contributed by atoms with Crippen molar-refractivity contribution in [2.45, 2.75) is 27.0 Å². The van der Waals surface area contributed by atoms with Gasteiger partial charge in [-0.2, -0.15) is 10.4 Å². The third-order valence-corrected chi connectivity index (χ3v) is 6.53. The van der Waals surface area contributed by atoms with Gasteiger partial charge in [-0.25, -0.2) is 4.98 Å². The number of amides is 1. The van der Waals surface area contributed by atoms with Crippen LogP contribution in [-0.2, 0) is 17.9 Å². The summed E-state index contributed by atoms with van der Waals surface area (Å²) in [5.74, 6) is -0.220. The molecule has 0 unspecified atom stereocenters. The highest BCUT2D eigenvalue weighted by molar-refractivity contribution is 6.13. The Balaban J connectivity index is 1.48. The number of benzene rings is 3. The van der Waals surface area contributed by atoms with Crippen molar-refractivity contribution in [1.82, 2.24) is 14.8 Å². The molecule has 5 aromatic rings. The van der Waals surface area contributed by atoms with E-state index < -0.39 is 0 Å². The average Bonchev–Trinajstić information content (AvgIpc) is 3.20. The minimum absolute atomic E-state index is 0.220. The SMILES string of the molecule is COCc1cccc(-c2cc(C(=O)Nc3c(C)nn(Cc4ccc(C#N)cc4)c3C)c3ccccc3n2)c1. The van der Waals surface area contributed by atoms with Crippen LogP contribution in [0.4, 0.5) is 5.69 Å². The van der Waals surface area contributed by atoms with Crippen LogP contribution in [0.5, 0.6) is 0 Å². The van der Waals surface area contributed by atoms with E-state index in [1.54, 1.807) is 19.2 Å². The van der Waals surface area contributed by atoms with E-state index in [4.69, 9.17) is 15.0 Å². The number of carbonyl (C=O) groups is 1. The first kappa shape index (κ1) is 24.9. The lowest BCUT2D eigenvalue weighted by molar-refractivity contribution is 0.102. The number of nitriles is 1. The fourth-order valence-corrected chi connectivity index (χ4v) is 4.57. The predicted octanol–water partition coefficient (Wildman–Crippen LogP) is 6.03. The van der Waals surface area contributed by atoms with Crippen molar-refractivity contribution in [3.63, 3.8) is 0 Å². The van der Waals surface area contributed by atoms with E-state index in [-0.39, 0.29) is 5.91 Å². The maximum absolute atomic E-state index is 13.7. The monoisotopic (exact) mass is 501 g/mol.